The summed E-state index contributed by atoms with van der Waals surface area (Å²) in [4.78, 5) is 33.7. The standard InChI is InChI=1S/C23H22ClFN5O2P/c24-21-13-22(27-14-26-21)30-7-9-33(32,10-8-30)20-12-15(5-6-18(20)25)11-19-16-3-1-2-4-17(16)23(31)29-28-19/h1-6,12-14,32-33H,7-11H2,(H,29,31). The third kappa shape index (κ3) is 4.34. The Kier molecular flexibility index (Phi) is 5.83. The zero-order valence-electron chi connectivity index (χ0n) is 17.6. The van der Waals surface area contributed by atoms with Crippen molar-refractivity contribution >= 4 is 41.0 Å². The van der Waals surface area contributed by atoms with Gasteiger partial charge in [0.25, 0.3) is 0 Å². The molecule has 5 rings (SSSR count). The molecule has 2 aromatic heterocycles. The van der Waals surface area contributed by atoms with Gasteiger partial charge in [-0.2, -0.15) is 0 Å². The van der Waals surface area contributed by atoms with E-state index in [9.17, 15) is 14.1 Å². The van der Waals surface area contributed by atoms with Crippen molar-refractivity contribution in [2.24, 2.45) is 0 Å². The summed E-state index contributed by atoms with van der Waals surface area (Å²) in [6.07, 6.45) is 2.79. The predicted molar refractivity (Wildman–Crippen MR) is 131 cm³/mol. The molecule has 1 aliphatic rings. The summed E-state index contributed by atoms with van der Waals surface area (Å²) in [5.41, 5.74) is 1.29. The maximum atomic E-state index is 14.9. The Balaban J connectivity index is 1.40. The first-order chi connectivity index (χ1) is 15.9. The summed E-state index contributed by atoms with van der Waals surface area (Å²) in [5, 5.41) is 8.86. The molecule has 2 aromatic carbocycles. The number of rotatable bonds is 4. The molecule has 10 heteroatoms. The second-order valence-electron chi connectivity index (χ2n) is 8.25. The molecule has 2 N–H and O–H groups in total. The number of anilines is 1. The van der Waals surface area contributed by atoms with Gasteiger partial charge in [0, 0.05) is 0 Å². The number of fused-ring (bicyclic) bond motifs is 1. The van der Waals surface area contributed by atoms with E-state index in [0.717, 1.165) is 10.9 Å². The van der Waals surface area contributed by atoms with Crippen molar-refractivity contribution in [2.75, 3.05) is 30.3 Å². The summed E-state index contributed by atoms with van der Waals surface area (Å²) in [7, 11) is -3.03. The van der Waals surface area contributed by atoms with Gasteiger partial charge in [-0.25, -0.2) is 0 Å². The van der Waals surface area contributed by atoms with Gasteiger partial charge in [0.15, 0.2) is 0 Å². The molecule has 0 spiro atoms. The average molecular weight is 486 g/mol. The van der Waals surface area contributed by atoms with E-state index in [0.29, 0.717) is 59.2 Å². The Morgan fingerprint density at radius 1 is 1.09 bits per heavy atom. The molecule has 33 heavy (non-hydrogen) atoms. The zero-order chi connectivity index (χ0) is 23.0. The summed E-state index contributed by atoms with van der Waals surface area (Å²) in [5.74, 6) is 0.321. The van der Waals surface area contributed by atoms with Crippen molar-refractivity contribution in [2.45, 2.75) is 6.42 Å². The van der Waals surface area contributed by atoms with E-state index >= 15 is 0 Å². The fourth-order valence-corrected chi connectivity index (χ4v) is 7.60. The van der Waals surface area contributed by atoms with Crippen LogP contribution >= 0.6 is 19.1 Å². The number of hydrogen-bond acceptors (Lipinski definition) is 6. The van der Waals surface area contributed by atoms with Gasteiger partial charge in [0.1, 0.15) is 0 Å². The van der Waals surface area contributed by atoms with E-state index in [2.05, 4.69) is 20.2 Å². The van der Waals surface area contributed by atoms with Crippen LogP contribution in [0.4, 0.5) is 10.2 Å². The molecule has 0 amide bonds. The van der Waals surface area contributed by atoms with Crippen LogP contribution in [0.3, 0.4) is 0 Å². The molecule has 3 heterocycles. The van der Waals surface area contributed by atoms with Gasteiger partial charge in [0.2, 0.25) is 0 Å². The Morgan fingerprint density at radius 2 is 1.85 bits per heavy atom. The van der Waals surface area contributed by atoms with Gasteiger partial charge < -0.3 is 0 Å². The van der Waals surface area contributed by atoms with Crippen molar-refractivity contribution in [3.8, 4) is 0 Å². The first-order valence-corrected chi connectivity index (χ1v) is 13.4. The van der Waals surface area contributed by atoms with Crippen LogP contribution < -0.4 is 15.8 Å². The average Bonchev–Trinajstić information content (AvgIpc) is 2.82. The molecule has 0 atom stereocenters. The van der Waals surface area contributed by atoms with Crippen molar-refractivity contribution in [1.82, 2.24) is 20.2 Å². The van der Waals surface area contributed by atoms with E-state index in [-0.39, 0.29) is 11.4 Å². The second-order valence-corrected chi connectivity index (χ2v) is 12.2. The Labute approximate surface area is 194 Å². The van der Waals surface area contributed by atoms with E-state index in [1.807, 2.05) is 17.0 Å². The topological polar surface area (TPSA) is 95.0 Å². The molecular weight excluding hydrogens is 464 g/mol. The van der Waals surface area contributed by atoms with Crippen molar-refractivity contribution in [3.63, 3.8) is 0 Å². The molecule has 4 aromatic rings. The van der Waals surface area contributed by atoms with Crippen LogP contribution in [-0.4, -0.2) is 50.5 Å². The molecule has 7 nitrogen and oxygen atoms in total. The minimum absolute atomic E-state index is 0.243. The molecule has 0 radical (unpaired) electrons. The first-order valence-electron chi connectivity index (χ1n) is 10.6. The number of H-pyrrole nitrogens is 1. The van der Waals surface area contributed by atoms with Gasteiger partial charge in [-0.15, -0.1) is 0 Å². The van der Waals surface area contributed by atoms with Crippen LogP contribution in [0.1, 0.15) is 11.3 Å². The van der Waals surface area contributed by atoms with Crippen molar-refractivity contribution in [3.05, 3.63) is 87.4 Å². The first kappa shape index (κ1) is 21.9. The Bertz CT molecular complexity index is 1390. The number of aromatic amines is 1. The number of halogens is 2. The second kappa shape index (κ2) is 8.78. The summed E-state index contributed by atoms with van der Waals surface area (Å²) < 4.78 is 14.9. The van der Waals surface area contributed by atoms with Gasteiger partial charge in [-0.1, -0.05) is 0 Å². The molecule has 170 valence electrons. The SMILES string of the molecule is O=c1[nH]nc(Cc2ccc(F)c([PH]3(O)CCN(c4cc(Cl)ncn4)CC3)c2)c2ccccc12. The van der Waals surface area contributed by atoms with Crippen LogP contribution in [-0.2, 0) is 6.42 Å². The van der Waals surface area contributed by atoms with E-state index in [1.54, 1.807) is 30.3 Å². The fourth-order valence-electron chi connectivity index (χ4n) is 4.41. The molecule has 1 aliphatic heterocycles. The maximum absolute atomic E-state index is 14.9. The van der Waals surface area contributed by atoms with E-state index < -0.39 is 7.49 Å². The van der Waals surface area contributed by atoms with Crippen LogP contribution in [0.15, 0.2) is 59.7 Å². The number of nitrogens with one attached hydrogen (secondary N) is 1. The molecular formula is C23H22ClFN5O2P. The third-order valence-corrected chi connectivity index (χ3v) is 9.91. The predicted octanol–water partition coefficient (Wildman–Crippen LogP) is 2.90. The quantitative estimate of drug-likeness (QED) is 0.341. The van der Waals surface area contributed by atoms with Gasteiger partial charge in [0.05, 0.1) is 0 Å². The van der Waals surface area contributed by atoms with Crippen LogP contribution in [0.2, 0.25) is 5.15 Å². The summed E-state index contributed by atoms with van der Waals surface area (Å²) >= 11 is 5.97. The van der Waals surface area contributed by atoms with E-state index in [4.69, 9.17) is 11.6 Å². The molecule has 1 fully saturated rings. The van der Waals surface area contributed by atoms with Crippen molar-refractivity contribution < 1.29 is 9.28 Å². The van der Waals surface area contributed by atoms with Gasteiger partial charge >= 0.3 is 195 Å². The fraction of sp³-hybridized carbons (Fsp3) is 0.217. The molecule has 0 saturated carbocycles. The van der Waals surface area contributed by atoms with Gasteiger partial charge in [-0.3, -0.25) is 0 Å². The van der Waals surface area contributed by atoms with Gasteiger partial charge in [-0.05, 0) is 0 Å². The Hall–Kier alpha value is -2.93. The number of benzene rings is 2. The van der Waals surface area contributed by atoms with Crippen LogP contribution in [0.5, 0.6) is 0 Å². The van der Waals surface area contributed by atoms with Crippen LogP contribution in [0.25, 0.3) is 10.8 Å². The Morgan fingerprint density at radius 3 is 2.61 bits per heavy atom. The molecule has 0 bridgehead atoms. The number of aromatic nitrogens is 4. The summed E-state index contributed by atoms with van der Waals surface area (Å²) in [6.45, 7) is 1.12. The molecule has 0 unspecified atom stereocenters. The van der Waals surface area contributed by atoms with Crippen LogP contribution in [0, 0.1) is 5.82 Å². The number of nitrogens with zero attached hydrogens (tertiary/aromatic N) is 4. The number of hydrogen-bond donors (Lipinski definition) is 2. The minimum atomic E-state index is -3.03. The molecule has 0 aliphatic carbocycles. The van der Waals surface area contributed by atoms with Crippen molar-refractivity contribution in [1.29, 1.82) is 0 Å². The summed E-state index contributed by atoms with van der Waals surface area (Å²) in [6, 6.07) is 13.8. The monoisotopic (exact) mass is 485 g/mol. The zero-order valence-corrected chi connectivity index (χ0v) is 19.4. The van der Waals surface area contributed by atoms with E-state index in [1.165, 1.54) is 12.4 Å². The normalized spacial score (nSPS) is 16.6. The third-order valence-electron chi connectivity index (χ3n) is 6.21. The molecule has 1 saturated heterocycles.